The van der Waals surface area contributed by atoms with Crippen molar-refractivity contribution in [2.24, 2.45) is 0 Å². The van der Waals surface area contributed by atoms with Crippen molar-refractivity contribution in [2.45, 2.75) is 26.2 Å². The highest BCUT2D eigenvalue weighted by atomic mass is 14.9. The molecular formula is C11H14N4. The number of nitrogen functional groups attached to an aromatic ring is 1. The molecule has 78 valence electrons. The zero-order valence-electron chi connectivity index (χ0n) is 9.15. The molecule has 2 aromatic heterocycles. The summed E-state index contributed by atoms with van der Waals surface area (Å²) in [5, 5.41) is 0.873. The Kier molecular flexibility index (Phi) is 2.07. The summed E-state index contributed by atoms with van der Waals surface area (Å²) in [4.78, 5) is 12.6. The summed E-state index contributed by atoms with van der Waals surface area (Å²) < 4.78 is 0. The highest BCUT2D eigenvalue weighted by Gasteiger charge is 2.19. The number of nitrogens with zero attached hydrogens (tertiary/aromatic N) is 3. The first kappa shape index (κ1) is 9.83. The minimum absolute atomic E-state index is 0.0414. The second-order valence-electron chi connectivity index (χ2n) is 4.56. The predicted molar refractivity (Wildman–Crippen MR) is 60.4 cm³/mol. The van der Waals surface area contributed by atoms with Gasteiger partial charge in [0.15, 0.2) is 0 Å². The molecule has 0 aliphatic rings. The van der Waals surface area contributed by atoms with E-state index in [1.165, 1.54) is 6.33 Å². The zero-order chi connectivity index (χ0) is 11.1. The third-order valence-electron chi connectivity index (χ3n) is 2.29. The lowest BCUT2D eigenvalue weighted by Crippen LogP contribution is -2.15. The monoisotopic (exact) mass is 202 g/mol. The van der Waals surface area contributed by atoms with Crippen molar-refractivity contribution >= 4 is 16.7 Å². The van der Waals surface area contributed by atoms with E-state index in [0.29, 0.717) is 5.82 Å². The van der Waals surface area contributed by atoms with E-state index in [-0.39, 0.29) is 5.41 Å². The van der Waals surface area contributed by atoms with Gasteiger partial charge in [-0.3, -0.25) is 4.98 Å². The summed E-state index contributed by atoms with van der Waals surface area (Å²) in [5.41, 5.74) is 7.55. The Morgan fingerprint density at radius 2 is 1.87 bits per heavy atom. The summed E-state index contributed by atoms with van der Waals surface area (Å²) in [6.45, 7) is 6.31. The Morgan fingerprint density at radius 3 is 2.53 bits per heavy atom. The van der Waals surface area contributed by atoms with Crippen LogP contribution in [0.15, 0.2) is 18.6 Å². The van der Waals surface area contributed by atoms with Gasteiger partial charge in [0.1, 0.15) is 12.1 Å². The fraction of sp³-hybridized carbons (Fsp3) is 0.364. The van der Waals surface area contributed by atoms with Crippen LogP contribution in [-0.2, 0) is 5.41 Å². The Bertz CT molecular complexity index is 499. The number of pyridine rings is 1. The first-order chi connectivity index (χ1) is 7.00. The Labute approximate surface area is 88.6 Å². The van der Waals surface area contributed by atoms with Crippen LogP contribution in [0.2, 0.25) is 0 Å². The molecule has 0 aliphatic heterocycles. The summed E-state index contributed by atoms with van der Waals surface area (Å²) in [6, 6.07) is 1.85. The first-order valence-electron chi connectivity index (χ1n) is 4.86. The van der Waals surface area contributed by atoms with E-state index in [0.717, 1.165) is 16.6 Å². The number of rotatable bonds is 0. The molecule has 2 rings (SSSR count). The third kappa shape index (κ3) is 1.63. The number of anilines is 1. The maximum absolute atomic E-state index is 5.79. The summed E-state index contributed by atoms with van der Waals surface area (Å²) in [5.74, 6) is 0.507. The van der Waals surface area contributed by atoms with E-state index in [4.69, 9.17) is 5.73 Å². The zero-order valence-corrected chi connectivity index (χ0v) is 9.15. The number of fused-ring (bicyclic) bond motifs is 1. The molecule has 2 aromatic rings. The summed E-state index contributed by atoms with van der Waals surface area (Å²) in [6.07, 6.45) is 3.23. The van der Waals surface area contributed by atoms with Crippen LogP contribution in [0.5, 0.6) is 0 Å². The second-order valence-corrected chi connectivity index (χ2v) is 4.56. The van der Waals surface area contributed by atoms with Gasteiger partial charge in [-0.05, 0) is 6.07 Å². The van der Waals surface area contributed by atoms with E-state index >= 15 is 0 Å². The van der Waals surface area contributed by atoms with Gasteiger partial charge in [-0.1, -0.05) is 20.8 Å². The van der Waals surface area contributed by atoms with Crippen LogP contribution in [0.3, 0.4) is 0 Å². The molecule has 0 aromatic carbocycles. The van der Waals surface area contributed by atoms with Gasteiger partial charge >= 0.3 is 0 Å². The van der Waals surface area contributed by atoms with Crippen LogP contribution in [0.25, 0.3) is 10.9 Å². The second kappa shape index (κ2) is 3.15. The fourth-order valence-corrected chi connectivity index (χ4v) is 1.56. The molecule has 0 amide bonds. The quantitative estimate of drug-likeness (QED) is 0.708. The van der Waals surface area contributed by atoms with Crippen LogP contribution in [-0.4, -0.2) is 15.0 Å². The molecule has 0 spiro atoms. The van der Waals surface area contributed by atoms with E-state index in [1.54, 1.807) is 6.20 Å². The molecular weight excluding hydrogens is 188 g/mol. The molecule has 0 saturated carbocycles. The number of aromatic nitrogens is 3. The first-order valence-corrected chi connectivity index (χ1v) is 4.86. The molecule has 4 nitrogen and oxygen atoms in total. The van der Waals surface area contributed by atoms with Gasteiger partial charge in [-0.25, -0.2) is 9.97 Å². The fourth-order valence-electron chi connectivity index (χ4n) is 1.56. The average molecular weight is 202 g/mol. The van der Waals surface area contributed by atoms with Crippen LogP contribution in [0, 0.1) is 0 Å². The molecule has 15 heavy (non-hydrogen) atoms. The average Bonchev–Trinajstić information content (AvgIpc) is 2.16. The van der Waals surface area contributed by atoms with Crippen LogP contribution < -0.4 is 5.73 Å². The number of hydrogen-bond acceptors (Lipinski definition) is 4. The van der Waals surface area contributed by atoms with Crippen molar-refractivity contribution in [2.75, 3.05) is 5.73 Å². The largest absolute Gasteiger partial charge is 0.383 e. The van der Waals surface area contributed by atoms with Crippen molar-refractivity contribution in [3.63, 3.8) is 0 Å². The van der Waals surface area contributed by atoms with Gasteiger partial charge in [-0.15, -0.1) is 0 Å². The van der Waals surface area contributed by atoms with Gasteiger partial charge in [0, 0.05) is 17.0 Å². The molecule has 0 fully saturated rings. The maximum atomic E-state index is 5.79. The lowest BCUT2D eigenvalue weighted by atomic mass is 9.90. The van der Waals surface area contributed by atoms with Crippen molar-refractivity contribution < 1.29 is 0 Å². The van der Waals surface area contributed by atoms with Crippen LogP contribution in [0.4, 0.5) is 5.82 Å². The topological polar surface area (TPSA) is 64.7 Å². The standard InChI is InChI=1S/C11H14N4/c1-11(2,3)9-8-7(4-5-13-9)10(12)15-6-14-8/h4-6H,1-3H3,(H2,12,14,15). The Balaban J connectivity index is 2.83. The molecule has 2 heterocycles. The lowest BCUT2D eigenvalue weighted by molar-refractivity contribution is 0.574. The number of hydrogen-bond donors (Lipinski definition) is 1. The summed E-state index contributed by atoms with van der Waals surface area (Å²) >= 11 is 0. The van der Waals surface area contributed by atoms with Crippen molar-refractivity contribution in [1.29, 1.82) is 0 Å². The predicted octanol–water partition coefficient (Wildman–Crippen LogP) is 1.90. The molecule has 0 atom stereocenters. The van der Waals surface area contributed by atoms with E-state index in [2.05, 4.69) is 35.7 Å². The van der Waals surface area contributed by atoms with E-state index in [9.17, 15) is 0 Å². The molecule has 4 heteroatoms. The Morgan fingerprint density at radius 1 is 1.13 bits per heavy atom. The third-order valence-corrected chi connectivity index (χ3v) is 2.29. The maximum Gasteiger partial charge on any atom is 0.134 e. The normalized spacial score (nSPS) is 11.9. The van der Waals surface area contributed by atoms with E-state index in [1.807, 2.05) is 6.07 Å². The molecule has 2 N–H and O–H groups in total. The van der Waals surface area contributed by atoms with Crippen LogP contribution >= 0.6 is 0 Å². The smallest absolute Gasteiger partial charge is 0.134 e. The minimum atomic E-state index is -0.0414. The van der Waals surface area contributed by atoms with Crippen molar-refractivity contribution in [1.82, 2.24) is 15.0 Å². The molecule has 0 bridgehead atoms. The highest BCUT2D eigenvalue weighted by molar-refractivity contribution is 5.89. The van der Waals surface area contributed by atoms with E-state index < -0.39 is 0 Å². The van der Waals surface area contributed by atoms with Gasteiger partial charge < -0.3 is 5.73 Å². The van der Waals surface area contributed by atoms with Gasteiger partial charge in [-0.2, -0.15) is 0 Å². The lowest BCUT2D eigenvalue weighted by Gasteiger charge is -2.18. The minimum Gasteiger partial charge on any atom is -0.383 e. The Hall–Kier alpha value is -1.71. The highest BCUT2D eigenvalue weighted by Crippen LogP contribution is 2.27. The molecule has 0 aliphatic carbocycles. The molecule has 0 radical (unpaired) electrons. The number of nitrogens with two attached hydrogens (primary N) is 1. The SMILES string of the molecule is CC(C)(C)c1nccc2c(N)ncnc12. The van der Waals surface area contributed by atoms with Crippen molar-refractivity contribution in [3.8, 4) is 0 Å². The van der Waals surface area contributed by atoms with Gasteiger partial charge in [0.2, 0.25) is 0 Å². The molecule has 0 unspecified atom stereocenters. The van der Waals surface area contributed by atoms with Crippen molar-refractivity contribution in [3.05, 3.63) is 24.3 Å². The van der Waals surface area contributed by atoms with Gasteiger partial charge in [0.05, 0.1) is 11.2 Å². The van der Waals surface area contributed by atoms with Crippen LogP contribution in [0.1, 0.15) is 26.5 Å². The molecule has 0 saturated heterocycles. The summed E-state index contributed by atoms with van der Waals surface area (Å²) in [7, 11) is 0. The van der Waals surface area contributed by atoms with Gasteiger partial charge in [0.25, 0.3) is 0 Å².